The summed E-state index contributed by atoms with van der Waals surface area (Å²) in [7, 11) is 3.95. The van der Waals surface area contributed by atoms with Crippen molar-refractivity contribution in [3.8, 4) is 11.3 Å². The van der Waals surface area contributed by atoms with E-state index >= 15 is 0 Å². The van der Waals surface area contributed by atoms with Crippen LogP contribution in [0.5, 0.6) is 0 Å². The standard InChI is InChI=1S/C24H26N6O/c1-17-6-4-7-19(16-17)21-8-5-9-22-27-24(28-30(21)22)26-20-12-10-18(11-13-20)23(31)25-14-15-29(2)3/h4-13,16H,14-15H2,1-3H3,(H,25,31)(H,26,28). The minimum Gasteiger partial charge on any atom is -0.351 e. The van der Waals surface area contributed by atoms with Gasteiger partial charge in [-0.15, -0.1) is 5.10 Å². The molecule has 1 amide bonds. The average Bonchev–Trinajstić information content (AvgIpc) is 3.16. The fraction of sp³-hybridized carbons (Fsp3) is 0.208. The number of carbonyl (C=O) groups is 1. The molecule has 0 saturated carbocycles. The Labute approximate surface area is 181 Å². The van der Waals surface area contributed by atoms with Gasteiger partial charge in [-0.2, -0.15) is 4.98 Å². The van der Waals surface area contributed by atoms with Gasteiger partial charge in [-0.05, 0) is 63.5 Å². The number of carbonyl (C=O) groups excluding carboxylic acids is 1. The van der Waals surface area contributed by atoms with Gasteiger partial charge in [0.15, 0.2) is 5.65 Å². The highest BCUT2D eigenvalue weighted by molar-refractivity contribution is 5.94. The molecule has 0 radical (unpaired) electrons. The Kier molecular flexibility index (Phi) is 5.95. The van der Waals surface area contributed by atoms with Crippen LogP contribution in [0, 0.1) is 6.92 Å². The predicted molar refractivity (Wildman–Crippen MR) is 124 cm³/mol. The monoisotopic (exact) mass is 414 g/mol. The zero-order valence-electron chi connectivity index (χ0n) is 18.0. The average molecular weight is 415 g/mol. The van der Waals surface area contributed by atoms with Gasteiger partial charge in [0.2, 0.25) is 5.95 Å². The van der Waals surface area contributed by atoms with Crippen LogP contribution in [0.4, 0.5) is 11.6 Å². The largest absolute Gasteiger partial charge is 0.351 e. The molecule has 0 saturated heterocycles. The van der Waals surface area contributed by atoms with Crippen LogP contribution in [-0.2, 0) is 0 Å². The van der Waals surface area contributed by atoms with Gasteiger partial charge >= 0.3 is 0 Å². The molecule has 158 valence electrons. The minimum absolute atomic E-state index is 0.0814. The van der Waals surface area contributed by atoms with Crippen molar-refractivity contribution in [3.63, 3.8) is 0 Å². The SMILES string of the molecule is Cc1cccc(-c2cccc3nc(Nc4ccc(C(=O)NCCN(C)C)cc4)nn23)c1. The number of aryl methyl sites for hydroxylation is 1. The number of anilines is 2. The van der Waals surface area contributed by atoms with E-state index in [0.717, 1.165) is 29.1 Å². The first-order chi connectivity index (χ1) is 15.0. The van der Waals surface area contributed by atoms with Crippen LogP contribution in [0.2, 0.25) is 0 Å². The summed E-state index contributed by atoms with van der Waals surface area (Å²) in [6.07, 6.45) is 0. The first-order valence-corrected chi connectivity index (χ1v) is 10.2. The molecule has 7 nitrogen and oxygen atoms in total. The molecule has 4 rings (SSSR count). The quantitative estimate of drug-likeness (QED) is 0.482. The summed E-state index contributed by atoms with van der Waals surface area (Å²) in [5.74, 6) is 0.422. The van der Waals surface area contributed by atoms with Crippen LogP contribution >= 0.6 is 0 Å². The molecule has 0 spiro atoms. The maximum absolute atomic E-state index is 12.2. The second-order valence-electron chi connectivity index (χ2n) is 7.75. The third-order valence-corrected chi connectivity index (χ3v) is 4.92. The van der Waals surface area contributed by atoms with Crippen LogP contribution in [0.1, 0.15) is 15.9 Å². The van der Waals surface area contributed by atoms with Crippen molar-refractivity contribution in [2.24, 2.45) is 0 Å². The molecule has 0 aliphatic heterocycles. The number of rotatable bonds is 7. The predicted octanol–water partition coefficient (Wildman–Crippen LogP) is 3.74. The lowest BCUT2D eigenvalue weighted by atomic mass is 10.1. The molecular weight excluding hydrogens is 388 g/mol. The van der Waals surface area contributed by atoms with E-state index in [1.54, 1.807) is 12.1 Å². The van der Waals surface area contributed by atoms with E-state index in [4.69, 9.17) is 0 Å². The van der Waals surface area contributed by atoms with Crippen LogP contribution in [0.15, 0.2) is 66.7 Å². The lowest BCUT2D eigenvalue weighted by Gasteiger charge is -2.10. The van der Waals surface area contributed by atoms with E-state index in [1.165, 1.54) is 5.56 Å². The highest BCUT2D eigenvalue weighted by Gasteiger charge is 2.10. The first kappa shape index (κ1) is 20.6. The van der Waals surface area contributed by atoms with Crippen LogP contribution in [-0.4, -0.2) is 52.6 Å². The van der Waals surface area contributed by atoms with Crippen molar-refractivity contribution in [1.82, 2.24) is 24.8 Å². The lowest BCUT2D eigenvalue weighted by Crippen LogP contribution is -2.31. The Morgan fingerprint density at radius 1 is 1.03 bits per heavy atom. The Hall–Kier alpha value is -3.71. The molecule has 2 heterocycles. The number of nitrogens with zero attached hydrogens (tertiary/aromatic N) is 4. The molecule has 0 fully saturated rings. The lowest BCUT2D eigenvalue weighted by molar-refractivity contribution is 0.0951. The van der Waals surface area contributed by atoms with E-state index in [9.17, 15) is 4.79 Å². The molecule has 2 aromatic carbocycles. The third kappa shape index (κ3) is 4.90. The van der Waals surface area contributed by atoms with Gasteiger partial charge in [-0.25, -0.2) is 4.52 Å². The summed E-state index contributed by atoms with van der Waals surface area (Å²) >= 11 is 0. The van der Waals surface area contributed by atoms with Gasteiger partial charge in [0.25, 0.3) is 5.91 Å². The van der Waals surface area contributed by atoms with Gasteiger partial charge in [0, 0.05) is 29.9 Å². The maximum Gasteiger partial charge on any atom is 0.251 e. The number of amides is 1. The van der Waals surface area contributed by atoms with Crippen molar-refractivity contribution in [3.05, 3.63) is 77.9 Å². The number of nitrogens with one attached hydrogen (secondary N) is 2. The summed E-state index contributed by atoms with van der Waals surface area (Å²) in [4.78, 5) is 18.8. The fourth-order valence-corrected chi connectivity index (χ4v) is 3.31. The molecule has 31 heavy (non-hydrogen) atoms. The van der Waals surface area contributed by atoms with Gasteiger partial charge in [0.1, 0.15) is 0 Å². The number of benzene rings is 2. The zero-order valence-corrected chi connectivity index (χ0v) is 18.0. The summed E-state index contributed by atoms with van der Waals surface area (Å²) in [5, 5.41) is 10.8. The molecule has 7 heteroatoms. The van der Waals surface area contributed by atoms with Crippen molar-refractivity contribution >= 4 is 23.2 Å². The second-order valence-corrected chi connectivity index (χ2v) is 7.75. The molecule has 2 N–H and O–H groups in total. The van der Waals surface area contributed by atoms with Gasteiger partial charge in [-0.3, -0.25) is 4.79 Å². The van der Waals surface area contributed by atoms with Gasteiger partial charge < -0.3 is 15.5 Å². The smallest absolute Gasteiger partial charge is 0.251 e. The molecule has 4 aromatic rings. The van der Waals surface area contributed by atoms with E-state index in [1.807, 2.05) is 59.9 Å². The molecule has 0 aliphatic carbocycles. The summed E-state index contributed by atoms with van der Waals surface area (Å²) in [6, 6.07) is 21.6. The molecule has 0 unspecified atom stereocenters. The molecule has 2 aromatic heterocycles. The Bertz CT molecular complexity index is 1200. The van der Waals surface area contributed by atoms with Crippen LogP contribution in [0.3, 0.4) is 0 Å². The van der Waals surface area contributed by atoms with Gasteiger partial charge in [0.05, 0.1) is 5.69 Å². The van der Waals surface area contributed by atoms with Crippen molar-refractivity contribution < 1.29 is 4.79 Å². The van der Waals surface area contributed by atoms with E-state index < -0.39 is 0 Å². The maximum atomic E-state index is 12.2. The number of hydrogen-bond acceptors (Lipinski definition) is 5. The number of pyridine rings is 1. The van der Waals surface area contributed by atoms with E-state index in [2.05, 4.69) is 45.8 Å². The summed E-state index contributed by atoms with van der Waals surface area (Å²) < 4.78 is 1.84. The Balaban J connectivity index is 1.50. The van der Waals surface area contributed by atoms with Crippen LogP contribution < -0.4 is 10.6 Å². The van der Waals surface area contributed by atoms with E-state index in [0.29, 0.717) is 18.1 Å². The van der Waals surface area contributed by atoms with Crippen molar-refractivity contribution in [2.75, 3.05) is 32.5 Å². The fourth-order valence-electron chi connectivity index (χ4n) is 3.31. The number of hydrogen-bond donors (Lipinski definition) is 2. The van der Waals surface area contributed by atoms with Crippen molar-refractivity contribution in [1.29, 1.82) is 0 Å². The minimum atomic E-state index is -0.0814. The van der Waals surface area contributed by atoms with Crippen molar-refractivity contribution in [2.45, 2.75) is 6.92 Å². The topological polar surface area (TPSA) is 74.6 Å². The summed E-state index contributed by atoms with van der Waals surface area (Å²) in [6.45, 7) is 3.49. The highest BCUT2D eigenvalue weighted by Crippen LogP contribution is 2.23. The first-order valence-electron chi connectivity index (χ1n) is 10.2. The highest BCUT2D eigenvalue weighted by atomic mass is 16.1. The zero-order chi connectivity index (χ0) is 21.8. The number of aromatic nitrogens is 3. The molecule has 0 atom stereocenters. The van der Waals surface area contributed by atoms with E-state index in [-0.39, 0.29) is 5.91 Å². The van der Waals surface area contributed by atoms with Crippen LogP contribution in [0.25, 0.3) is 16.9 Å². The number of likely N-dealkylation sites (N-methyl/N-ethyl adjacent to an activating group) is 1. The Morgan fingerprint density at radius 2 is 1.81 bits per heavy atom. The Morgan fingerprint density at radius 3 is 2.55 bits per heavy atom. The molecule has 0 aliphatic rings. The summed E-state index contributed by atoms with van der Waals surface area (Å²) in [5.41, 5.74) is 5.46. The molecular formula is C24H26N6O. The normalized spacial score (nSPS) is 11.1. The second kappa shape index (κ2) is 8.97. The number of fused-ring (bicyclic) bond motifs is 1. The van der Waals surface area contributed by atoms with Gasteiger partial charge in [-0.1, -0.05) is 29.8 Å². The third-order valence-electron chi connectivity index (χ3n) is 4.92. The molecule has 0 bridgehead atoms.